The Balaban J connectivity index is 0.000000127. The van der Waals surface area contributed by atoms with Gasteiger partial charge in [-0.3, -0.25) is 19.9 Å². The van der Waals surface area contributed by atoms with E-state index in [2.05, 4.69) is 82.6 Å². The molecule has 20 rings (SSSR count). The SMILES string of the molecule is Cc1cc2c(cc1-c1c(C)noc1C)ncc1nc(C3CCC(C)(F)CC3)n(CCC(F)(F)F)c12.Cc1cc2c(cc1-c1c(C)noc1C)ncc1nc(C3CCC(F)(F)CC3)n([C@@H](C)COC(F)F)c12.Cc1cc2c(cc1-c1c(C)noc1C)ncc1nc(C3CCCC3)n([C@@H](C)COC(F)F)c12.Cc1cc2c(cc1-c1c(C)noc1C)ncc1nc(C3CCCCC3)n([C@@H](C)COC(F)F)c12. The van der Waals surface area contributed by atoms with Crippen LogP contribution >= 0.6 is 0 Å². The molecule has 0 spiro atoms. The van der Waals surface area contributed by atoms with Gasteiger partial charge in [-0.2, -0.15) is 39.5 Å². The Morgan fingerprint density at radius 1 is 0.362 bits per heavy atom. The summed E-state index contributed by atoms with van der Waals surface area (Å²) in [6.45, 7) is 21.3. The van der Waals surface area contributed by atoms with E-state index in [0.29, 0.717) is 88.3 Å². The summed E-state index contributed by atoms with van der Waals surface area (Å²) in [6.07, 6.45) is 13.7. The van der Waals surface area contributed by atoms with Crippen LogP contribution in [0.4, 0.5) is 52.7 Å². The van der Waals surface area contributed by atoms with Crippen LogP contribution in [0.5, 0.6) is 0 Å². The van der Waals surface area contributed by atoms with Crippen LogP contribution in [0.1, 0.15) is 276 Å². The summed E-state index contributed by atoms with van der Waals surface area (Å²) < 4.78 is 203. The lowest BCUT2D eigenvalue weighted by Gasteiger charge is -2.31. The first kappa shape index (κ1) is 97.9. The Labute approximate surface area is 789 Å². The van der Waals surface area contributed by atoms with E-state index in [-0.39, 0.29) is 76.0 Å². The molecule has 3 atom stereocenters. The average molecular weight is 1920 g/mol. The molecule has 0 N–H and O–H groups in total. The molecular weight excluding hydrogens is 1800 g/mol. The highest BCUT2D eigenvalue weighted by molar-refractivity contribution is 6.08. The maximum Gasteiger partial charge on any atom is 0.390 e. The fourth-order valence-corrected chi connectivity index (χ4v) is 21.5. The second kappa shape index (κ2) is 39.5. The Hall–Kier alpha value is -11.7. The highest BCUT2D eigenvalue weighted by Crippen LogP contribution is 2.49. The Morgan fingerprint density at radius 3 is 0.920 bits per heavy atom. The minimum Gasteiger partial charge on any atom is -0.361 e. The first-order valence-corrected chi connectivity index (χ1v) is 47.5. The third kappa shape index (κ3) is 19.9. The van der Waals surface area contributed by atoms with Gasteiger partial charge in [-0.1, -0.05) is 52.7 Å². The second-order valence-electron chi connectivity index (χ2n) is 38.5. The number of halogens is 12. The summed E-state index contributed by atoms with van der Waals surface area (Å²) in [5.74, 6) is 3.72. The molecule has 4 saturated carbocycles. The molecule has 16 aromatic rings. The average Bonchev–Trinajstić information content (AvgIpc) is 1.43. The van der Waals surface area contributed by atoms with Crippen LogP contribution in [-0.4, -0.2) is 136 Å². The minimum atomic E-state index is -4.30. The van der Waals surface area contributed by atoms with Gasteiger partial charge in [-0.25, -0.2) is 33.1 Å². The van der Waals surface area contributed by atoms with Gasteiger partial charge in [-0.05, 0) is 268 Å². The monoisotopic (exact) mass is 1910 g/mol. The van der Waals surface area contributed by atoms with Crippen molar-refractivity contribution in [3.8, 4) is 44.5 Å². The van der Waals surface area contributed by atoms with Crippen LogP contribution in [0, 0.1) is 83.1 Å². The molecule has 0 radical (unpaired) electrons. The molecule has 35 heteroatoms. The number of aryl methyl sites for hydroxylation is 13. The molecule has 23 nitrogen and oxygen atoms in total. The number of fused-ring (bicyclic) bond motifs is 12. The third-order valence-electron chi connectivity index (χ3n) is 28.3. The van der Waals surface area contributed by atoms with Crippen molar-refractivity contribution in [3.63, 3.8) is 0 Å². The zero-order valence-corrected chi connectivity index (χ0v) is 80.3. The van der Waals surface area contributed by atoms with Gasteiger partial charge in [-0.15, -0.1) is 0 Å². The van der Waals surface area contributed by atoms with E-state index in [9.17, 15) is 52.7 Å². The van der Waals surface area contributed by atoms with Crippen LogP contribution in [-0.2, 0) is 20.8 Å². The van der Waals surface area contributed by atoms with Gasteiger partial charge in [0.15, 0.2) is 0 Å². The summed E-state index contributed by atoms with van der Waals surface area (Å²) in [5.41, 5.74) is 22.7. The lowest BCUT2D eigenvalue weighted by Crippen LogP contribution is -2.26. The summed E-state index contributed by atoms with van der Waals surface area (Å²) in [7, 11) is 0. The lowest BCUT2D eigenvalue weighted by atomic mass is 9.80. The van der Waals surface area contributed by atoms with Crippen molar-refractivity contribution in [2.75, 3.05) is 19.8 Å². The molecule has 4 aliphatic rings. The van der Waals surface area contributed by atoms with Crippen molar-refractivity contribution >= 4 is 87.7 Å². The van der Waals surface area contributed by atoms with Gasteiger partial charge in [0.1, 0.15) is 74.1 Å². The maximum atomic E-state index is 14.4. The highest BCUT2D eigenvalue weighted by atomic mass is 19.4. The van der Waals surface area contributed by atoms with Gasteiger partial charge >= 0.3 is 26.0 Å². The van der Waals surface area contributed by atoms with Gasteiger partial charge in [0, 0.05) is 86.9 Å². The third-order valence-corrected chi connectivity index (χ3v) is 28.3. The molecule has 0 bridgehead atoms. The van der Waals surface area contributed by atoms with E-state index >= 15 is 0 Å². The second-order valence-corrected chi connectivity index (χ2v) is 38.5. The van der Waals surface area contributed by atoms with Crippen LogP contribution < -0.4 is 0 Å². The standard InChI is InChI=1S/C26H28F4N4O2.C26H28F4N4O.C26H30F2N4O2.C25H28F2N4O2/c1-13-9-19-20(10-18(13)22-15(3)33-36-16(22)4)31-11-21-23(19)34(14(2)12-35-25(27)28)24(32-21)17-5-7-26(29,30)8-6-17;1-14-11-19-20(12-18(14)22-15(2)33-35-16(22)3)31-13-21-23(19)34(10-9-26(28,29)30)24(32-21)17-5-7-25(4,27)8-6-17;1-14-10-20-21(11-19(14)23-16(3)31-34-17(23)4)29-12-22-24(20)32(15(2)13-33-26(27)28)25(30-22)18-8-6-5-7-9-18;1-13-9-19-20(10-18(13)22-15(3)30-33-16(22)4)28-11-21-23(19)31(14(2)12-32-25(26)27)24(29-21)17-7-5-6-8-17/h9-11,14,17,25H,5-8,12H2,1-4H3;11-13,17H,5-10H2,1-4H3;10-12,15,18,26H,5-9,13H2,1-4H3;9-11,14,17,25H,5-8,12H2,1-4H3/t14-;;15-;14-/m0.00/s1. The zero-order chi connectivity index (χ0) is 98.2. The normalized spacial score (nSPS) is 17.8. The molecule has 732 valence electrons. The van der Waals surface area contributed by atoms with Crippen molar-refractivity contribution in [2.45, 2.75) is 312 Å². The highest BCUT2D eigenvalue weighted by Gasteiger charge is 2.41. The topological polar surface area (TPSA) is 255 Å². The van der Waals surface area contributed by atoms with Crippen molar-refractivity contribution in [2.24, 2.45) is 0 Å². The zero-order valence-electron chi connectivity index (χ0n) is 80.3. The molecule has 12 aromatic heterocycles. The Morgan fingerprint density at radius 2 is 0.630 bits per heavy atom. The first-order valence-electron chi connectivity index (χ1n) is 47.5. The number of hydrogen-bond acceptors (Lipinski definition) is 19. The molecule has 0 saturated heterocycles. The molecule has 12 heterocycles. The fourth-order valence-electron chi connectivity index (χ4n) is 21.5. The maximum absolute atomic E-state index is 14.4. The van der Waals surface area contributed by atoms with Gasteiger partial charge in [0.2, 0.25) is 5.92 Å². The van der Waals surface area contributed by atoms with Crippen LogP contribution in [0.3, 0.4) is 0 Å². The molecule has 138 heavy (non-hydrogen) atoms. The van der Waals surface area contributed by atoms with E-state index < -0.39 is 50.1 Å². The predicted octanol–water partition coefficient (Wildman–Crippen LogP) is 28.4. The number of imidazole rings is 4. The molecule has 4 aromatic carbocycles. The molecule has 4 aliphatic carbocycles. The molecule has 0 aliphatic heterocycles. The molecular formula is C103H114F12N16O7. The summed E-state index contributed by atoms with van der Waals surface area (Å²) >= 11 is 0. The summed E-state index contributed by atoms with van der Waals surface area (Å²) in [6, 6.07) is 15.2. The van der Waals surface area contributed by atoms with Crippen LogP contribution in [0.2, 0.25) is 0 Å². The van der Waals surface area contributed by atoms with Crippen LogP contribution in [0.25, 0.3) is 132 Å². The smallest absolute Gasteiger partial charge is 0.361 e. The number of aromatic nitrogens is 16. The van der Waals surface area contributed by atoms with Crippen molar-refractivity contribution < 1.29 is 85.0 Å². The van der Waals surface area contributed by atoms with Gasteiger partial charge < -0.3 is 50.6 Å². The van der Waals surface area contributed by atoms with Gasteiger partial charge in [0.05, 0.1) is 136 Å². The predicted molar refractivity (Wildman–Crippen MR) is 504 cm³/mol. The van der Waals surface area contributed by atoms with Gasteiger partial charge in [0.25, 0.3) is 0 Å². The fraction of sp³-hybridized carbons (Fsp3) is 0.495. The number of pyridine rings is 4. The Bertz CT molecular complexity index is 7090. The first-order chi connectivity index (χ1) is 65.7. The van der Waals surface area contributed by atoms with Crippen molar-refractivity contribution in [1.29, 1.82) is 0 Å². The van der Waals surface area contributed by atoms with Crippen molar-refractivity contribution in [3.05, 3.63) is 165 Å². The van der Waals surface area contributed by atoms with E-state index in [1.807, 2.05) is 112 Å². The van der Waals surface area contributed by atoms with Crippen molar-refractivity contribution in [1.82, 2.24) is 78.8 Å². The molecule has 4 fully saturated rings. The Kier molecular flexibility index (Phi) is 28.0. The number of ether oxygens (including phenoxy) is 3. The number of benzene rings is 4. The summed E-state index contributed by atoms with van der Waals surface area (Å²) in [4.78, 5) is 38.2. The number of nitrogens with zero attached hydrogens (tertiary/aromatic N) is 16. The summed E-state index contributed by atoms with van der Waals surface area (Å²) in [5, 5.41) is 19.8. The number of rotatable bonds is 22. The number of alkyl halides is 12. The lowest BCUT2D eigenvalue weighted by molar-refractivity contribution is -0.137. The van der Waals surface area contributed by atoms with Crippen LogP contribution in [0.15, 0.2) is 91.4 Å². The molecule has 0 amide bonds. The molecule has 0 unspecified atom stereocenters. The minimum absolute atomic E-state index is 0.0805. The van der Waals surface area contributed by atoms with E-state index in [0.717, 1.165) is 224 Å². The van der Waals surface area contributed by atoms with E-state index in [1.165, 1.54) is 6.42 Å². The largest absolute Gasteiger partial charge is 0.390 e. The van der Waals surface area contributed by atoms with E-state index in [1.54, 1.807) is 43.2 Å². The quantitative estimate of drug-likeness (QED) is 0.0571. The number of hydrogen-bond donors (Lipinski definition) is 0. The van der Waals surface area contributed by atoms with E-state index in [4.69, 9.17) is 57.5 Å².